The predicted molar refractivity (Wildman–Crippen MR) is 105 cm³/mol. The molecule has 1 heterocycles. The Hall–Kier alpha value is -2.74. The Morgan fingerprint density at radius 3 is 2.45 bits per heavy atom. The summed E-state index contributed by atoms with van der Waals surface area (Å²) in [6.45, 7) is 4.60. The van der Waals surface area contributed by atoms with Crippen molar-refractivity contribution in [2.45, 2.75) is 19.5 Å². The van der Waals surface area contributed by atoms with Gasteiger partial charge < -0.3 is 19.7 Å². The zero-order valence-corrected chi connectivity index (χ0v) is 16.1. The molecule has 2 aromatic carbocycles. The van der Waals surface area contributed by atoms with Gasteiger partial charge >= 0.3 is 6.18 Å². The monoisotopic (exact) mass is 408 g/mol. The Bertz CT molecular complexity index is 832. The highest BCUT2D eigenvalue weighted by molar-refractivity contribution is 6.06. The van der Waals surface area contributed by atoms with Crippen molar-refractivity contribution in [3.8, 4) is 5.75 Å². The second-order valence-corrected chi connectivity index (χ2v) is 6.66. The molecule has 0 aromatic heterocycles. The van der Waals surface area contributed by atoms with E-state index >= 15 is 0 Å². The molecule has 8 heteroatoms. The van der Waals surface area contributed by atoms with Crippen LogP contribution in [0.2, 0.25) is 0 Å². The number of anilines is 2. The smallest absolute Gasteiger partial charge is 0.416 e. The molecule has 1 N–H and O–H groups in total. The number of alkyl halides is 3. The van der Waals surface area contributed by atoms with Gasteiger partial charge in [0.05, 0.1) is 36.8 Å². The molecule has 1 aliphatic rings. The molecule has 0 aliphatic carbocycles. The van der Waals surface area contributed by atoms with E-state index in [4.69, 9.17) is 9.47 Å². The first-order valence-corrected chi connectivity index (χ1v) is 9.46. The van der Waals surface area contributed by atoms with E-state index in [0.29, 0.717) is 49.9 Å². The van der Waals surface area contributed by atoms with Gasteiger partial charge in [-0.15, -0.1) is 0 Å². The van der Waals surface area contributed by atoms with E-state index in [-0.39, 0.29) is 5.69 Å². The van der Waals surface area contributed by atoms with Crippen LogP contribution in [0.4, 0.5) is 24.5 Å². The van der Waals surface area contributed by atoms with Gasteiger partial charge in [-0.2, -0.15) is 13.2 Å². The number of hydrogen-bond acceptors (Lipinski definition) is 4. The molecule has 5 nitrogen and oxygen atoms in total. The molecule has 1 fully saturated rings. The number of ether oxygens (including phenoxy) is 2. The van der Waals surface area contributed by atoms with Crippen molar-refractivity contribution in [1.82, 2.24) is 0 Å². The predicted octanol–water partition coefficient (Wildman–Crippen LogP) is 4.58. The van der Waals surface area contributed by atoms with Gasteiger partial charge in [-0.25, -0.2) is 0 Å². The van der Waals surface area contributed by atoms with Crippen LogP contribution >= 0.6 is 0 Å². The van der Waals surface area contributed by atoms with Crippen molar-refractivity contribution in [2.75, 3.05) is 43.1 Å². The average Bonchev–Trinajstić information content (AvgIpc) is 2.72. The zero-order chi connectivity index (χ0) is 20.9. The summed E-state index contributed by atoms with van der Waals surface area (Å²) in [6.07, 6.45) is -3.64. The largest absolute Gasteiger partial charge is 0.494 e. The number of carbonyl (C=O) groups excluding carboxylic acids is 1. The molecular formula is C21H23F3N2O3. The minimum Gasteiger partial charge on any atom is -0.494 e. The van der Waals surface area contributed by atoms with Gasteiger partial charge in [-0.1, -0.05) is 6.92 Å². The molecule has 2 aromatic rings. The molecule has 0 bridgehead atoms. The second-order valence-electron chi connectivity index (χ2n) is 6.66. The number of nitrogens with zero attached hydrogens (tertiary/aromatic N) is 1. The van der Waals surface area contributed by atoms with Crippen molar-refractivity contribution >= 4 is 17.3 Å². The highest BCUT2D eigenvalue weighted by atomic mass is 19.4. The Morgan fingerprint density at radius 2 is 1.83 bits per heavy atom. The zero-order valence-electron chi connectivity index (χ0n) is 16.1. The van der Waals surface area contributed by atoms with Crippen LogP contribution < -0.4 is 15.0 Å². The topological polar surface area (TPSA) is 50.8 Å². The van der Waals surface area contributed by atoms with Crippen LogP contribution in [0, 0.1) is 0 Å². The Morgan fingerprint density at radius 1 is 1.14 bits per heavy atom. The minimum absolute atomic E-state index is 0.123. The number of hydrogen-bond donors (Lipinski definition) is 1. The number of amides is 1. The first-order chi connectivity index (χ1) is 13.9. The SMILES string of the molecule is CCCOc1ccc(C(=O)Nc2cc(C(F)(F)F)ccc2N2CCOCC2)cc1. The normalized spacial score (nSPS) is 14.6. The second kappa shape index (κ2) is 9.17. The maximum atomic E-state index is 13.2. The fraction of sp³-hybridized carbons (Fsp3) is 0.381. The molecule has 0 saturated carbocycles. The number of nitrogens with one attached hydrogen (secondary N) is 1. The summed E-state index contributed by atoms with van der Waals surface area (Å²) < 4.78 is 50.4. The number of carbonyl (C=O) groups is 1. The molecule has 29 heavy (non-hydrogen) atoms. The lowest BCUT2D eigenvalue weighted by molar-refractivity contribution is -0.137. The molecule has 0 radical (unpaired) electrons. The lowest BCUT2D eigenvalue weighted by atomic mass is 10.1. The van der Waals surface area contributed by atoms with Crippen molar-refractivity contribution in [2.24, 2.45) is 0 Å². The Labute approximate surface area is 167 Å². The van der Waals surface area contributed by atoms with E-state index in [2.05, 4.69) is 5.32 Å². The van der Waals surface area contributed by atoms with E-state index in [9.17, 15) is 18.0 Å². The van der Waals surface area contributed by atoms with Gasteiger partial charge in [0, 0.05) is 18.7 Å². The molecular weight excluding hydrogens is 385 g/mol. The number of halogens is 3. The van der Waals surface area contributed by atoms with Crippen LogP contribution in [-0.4, -0.2) is 38.8 Å². The summed E-state index contributed by atoms with van der Waals surface area (Å²) >= 11 is 0. The van der Waals surface area contributed by atoms with Gasteiger partial charge in [-0.3, -0.25) is 4.79 Å². The van der Waals surface area contributed by atoms with Gasteiger partial charge in [0.2, 0.25) is 0 Å². The highest BCUT2D eigenvalue weighted by Gasteiger charge is 2.32. The third-order valence-electron chi connectivity index (χ3n) is 4.51. The van der Waals surface area contributed by atoms with Crippen LogP contribution in [0.25, 0.3) is 0 Å². The highest BCUT2D eigenvalue weighted by Crippen LogP contribution is 2.36. The summed E-state index contributed by atoms with van der Waals surface area (Å²) in [4.78, 5) is 14.6. The minimum atomic E-state index is -4.50. The third-order valence-corrected chi connectivity index (χ3v) is 4.51. The van der Waals surface area contributed by atoms with Crippen molar-refractivity contribution < 1.29 is 27.4 Å². The van der Waals surface area contributed by atoms with E-state index in [1.165, 1.54) is 6.07 Å². The summed E-state index contributed by atoms with van der Waals surface area (Å²) in [6, 6.07) is 9.90. The third kappa shape index (κ3) is 5.41. The number of rotatable bonds is 6. The molecule has 0 unspecified atom stereocenters. The summed E-state index contributed by atoms with van der Waals surface area (Å²) in [7, 11) is 0. The van der Waals surface area contributed by atoms with Gasteiger partial charge in [0.1, 0.15) is 5.75 Å². The molecule has 0 atom stereocenters. The van der Waals surface area contributed by atoms with Gasteiger partial charge in [-0.05, 0) is 48.9 Å². The van der Waals surface area contributed by atoms with E-state index in [0.717, 1.165) is 18.6 Å². The van der Waals surface area contributed by atoms with Gasteiger partial charge in [0.25, 0.3) is 5.91 Å². The molecule has 3 rings (SSSR count). The fourth-order valence-corrected chi connectivity index (χ4v) is 3.01. The number of benzene rings is 2. The summed E-state index contributed by atoms with van der Waals surface area (Å²) in [5, 5.41) is 2.64. The van der Waals surface area contributed by atoms with Crippen molar-refractivity contribution in [3.05, 3.63) is 53.6 Å². The fourth-order valence-electron chi connectivity index (χ4n) is 3.01. The standard InChI is InChI=1S/C21H23F3N2O3/c1-2-11-29-17-6-3-15(4-7-17)20(27)25-18-14-16(21(22,23)24)5-8-19(18)26-9-12-28-13-10-26/h3-8,14H,2,9-13H2,1H3,(H,25,27). The first kappa shape index (κ1) is 21.0. The van der Waals surface area contributed by atoms with Crippen LogP contribution in [0.15, 0.2) is 42.5 Å². The molecule has 0 spiro atoms. The Balaban J connectivity index is 1.84. The van der Waals surface area contributed by atoms with E-state index < -0.39 is 17.6 Å². The Kier molecular flexibility index (Phi) is 6.64. The summed E-state index contributed by atoms with van der Waals surface area (Å²) in [5.41, 5.74) is 0.183. The van der Waals surface area contributed by atoms with Crippen LogP contribution in [0.1, 0.15) is 29.3 Å². The number of morpholine rings is 1. The van der Waals surface area contributed by atoms with Crippen LogP contribution in [0.3, 0.4) is 0 Å². The van der Waals surface area contributed by atoms with Crippen molar-refractivity contribution in [3.63, 3.8) is 0 Å². The molecule has 1 amide bonds. The maximum absolute atomic E-state index is 13.2. The summed E-state index contributed by atoms with van der Waals surface area (Å²) in [5.74, 6) is 0.150. The van der Waals surface area contributed by atoms with E-state index in [1.54, 1.807) is 24.3 Å². The van der Waals surface area contributed by atoms with E-state index in [1.807, 2.05) is 11.8 Å². The maximum Gasteiger partial charge on any atom is 0.416 e. The van der Waals surface area contributed by atoms with Crippen LogP contribution in [-0.2, 0) is 10.9 Å². The molecule has 1 saturated heterocycles. The lowest BCUT2D eigenvalue weighted by Gasteiger charge is -2.31. The lowest BCUT2D eigenvalue weighted by Crippen LogP contribution is -2.36. The first-order valence-electron chi connectivity index (χ1n) is 9.46. The average molecular weight is 408 g/mol. The molecule has 156 valence electrons. The quantitative estimate of drug-likeness (QED) is 0.760. The van der Waals surface area contributed by atoms with Crippen LogP contribution in [0.5, 0.6) is 5.75 Å². The molecule has 1 aliphatic heterocycles. The van der Waals surface area contributed by atoms with Crippen molar-refractivity contribution in [1.29, 1.82) is 0 Å². The van der Waals surface area contributed by atoms with Gasteiger partial charge in [0.15, 0.2) is 0 Å².